The van der Waals surface area contributed by atoms with Crippen molar-refractivity contribution in [2.45, 2.75) is 32.2 Å². The summed E-state index contributed by atoms with van der Waals surface area (Å²) in [7, 11) is 0. The van der Waals surface area contributed by atoms with E-state index in [0.717, 1.165) is 41.9 Å². The number of nitrogens with one attached hydrogen (secondary N) is 1. The van der Waals surface area contributed by atoms with Crippen LogP contribution in [0.2, 0.25) is 0 Å². The predicted molar refractivity (Wildman–Crippen MR) is 143 cm³/mol. The van der Waals surface area contributed by atoms with Crippen LogP contribution in [0.4, 0.5) is 10.5 Å². The maximum atomic E-state index is 13.4. The summed E-state index contributed by atoms with van der Waals surface area (Å²) in [6.45, 7) is 4.69. The number of likely N-dealkylation sites (tertiary alicyclic amines) is 1. The summed E-state index contributed by atoms with van der Waals surface area (Å²) in [5.41, 5.74) is 5.71. The third-order valence-corrected chi connectivity index (χ3v) is 7.51. The Bertz CT molecular complexity index is 1470. The topological polar surface area (TPSA) is 83.4 Å². The van der Waals surface area contributed by atoms with Crippen molar-refractivity contribution in [1.29, 1.82) is 0 Å². The number of urea groups is 1. The highest BCUT2D eigenvalue weighted by Gasteiger charge is 2.29. The van der Waals surface area contributed by atoms with Crippen molar-refractivity contribution in [2.24, 2.45) is 0 Å². The lowest BCUT2D eigenvalue weighted by molar-refractivity contribution is 0.0695. The van der Waals surface area contributed by atoms with E-state index in [4.69, 9.17) is 4.98 Å². The fourth-order valence-electron chi connectivity index (χ4n) is 5.50. The largest absolute Gasteiger partial charge is 0.338 e. The Morgan fingerprint density at radius 2 is 1.86 bits per heavy atom. The Balaban J connectivity index is 1.21. The fraction of sp³-hybridized carbons (Fsp3) is 0.310. The number of aromatic nitrogens is 3. The van der Waals surface area contributed by atoms with Gasteiger partial charge in [0, 0.05) is 56.1 Å². The Morgan fingerprint density at radius 3 is 2.65 bits per heavy atom. The van der Waals surface area contributed by atoms with Crippen LogP contribution in [0.15, 0.2) is 66.9 Å². The van der Waals surface area contributed by atoms with Crippen molar-refractivity contribution in [2.75, 3.05) is 31.1 Å². The molecule has 4 aromatic rings. The molecule has 3 amide bonds. The first-order chi connectivity index (χ1) is 18.1. The van der Waals surface area contributed by atoms with Gasteiger partial charge in [0.05, 0.1) is 0 Å². The number of piperidine rings is 1. The lowest BCUT2D eigenvalue weighted by atomic mass is 10.0. The monoisotopic (exact) mass is 494 g/mol. The summed E-state index contributed by atoms with van der Waals surface area (Å²) in [5.74, 6) is 1.03. The molecule has 8 nitrogen and oxygen atoms in total. The molecule has 188 valence electrons. The number of pyridine rings is 1. The second-order valence-corrected chi connectivity index (χ2v) is 9.80. The number of benzene rings is 2. The third kappa shape index (κ3) is 4.43. The van der Waals surface area contributed by atoms with Gasteiger partial charge in [0.1, 0.15) is 11.3 Å². The molecule has 2 aliphatic rings. The van der Waals surface area contributed by atoms with Crippen LogP contribution in [0, 0.1) is 6.92 Å². The van der Waals surface area contributed by atoms with Crippen molar-refractivity contribution in [3.05, 3.63) is 89.4 Å². The number of carbonyl (C=O) groups excluding carboxylic acids is 2. The molecule has 0 bridgehead atoms. The van der Waals surface area contributed by atoms with Gasteiger partial charge in [-0.05, 0) is 61.2 Å². The number of carbonyl (C=O) groups is 2. The molecule has 8 heteroatoms. The minimum Gasteiger partial charge on any atom is -0.338 e. The molecule has 0 atom stereocenters. The normalized spacial score (nSPS) is 16.4. The Labute approximate surface area is 215 Å². The van der Waals surface area contributed by atoms with Crippen LogP contribution in [-0.4, -0.2) is 57.6 Å². The molecule has 6 rings (SSSR count). The summed E-state index contributed by atoms with van der Waals surface area (Å²) in [6, 6.07) is 19.9. The van der Waals surface area contributed by atoms with Crippen LogP contribution in [0.5, 0.6) is 0 Å². The maximum absolute atomic E-state index is 13.4. The molecular formula is C29H30N6O2. The van der Waals surface area contributed by atoms with Gasteiger partial charge < -0.3 is 14.8 Å². The molecule has 1 N–H and O–H groups in total. The molecule has 2 fully saturated rings. The molecule has 0 radical (unpaired) electrons. The van der Waals surface area contributed by atoms with Gasteiger partial charge in [-0.15, -0.1) is 0 Å². The van der Waals surface area contributed by atoms with E-state index in [0.29, 0.717) is 31.7 Å². The van der Waals surface area contributed by atoms with Gasteiger partial charge in [-0.2, -0.15) is 0 Å². The molecular weight excluding hydrogens is 464 g/mol. The molecule has 0 saturated carbocycles. The molecule has 2 aromatic carbocycles. The second kappa shape index (κ2) is 9.69. The third-order valence-electron chi connectivity index (χ3n) is 7.51. The highest BCUT2D eigenvalue weighted by atomic mass is 16.2. The van der Waals surface area contributed by atoms with E-state index >= 15 is 0 Å². The van der Waals surface area contributed by atoms with E-state index in [9.17, 15) is 9.59 Å². The van der Waals surface area contributed by atoms with Gasteiger partial charge in [0.25, 0.3) is 5.91 Å². The lowest BCUT2D eigenvalue weighted by Crippen LogP contribution is -2.39. The van der Waals surface area contributed by atoms with Gasteiger partial charge in [0.15, 0.2) is 5.65 Å². The van der Waals surface area contributed by atoms with Crippen LogP contribution in [-0.2, 0) is 6.42 Å². The second-order valence-electron chi connectivity index (χ2n) is 9.80. The number of amides is 3. The number of hydrogen-bond acceptors (Lipinski definition) is 4. The van der Waals surface area contributed by atoms with E-state index in [-0.39, 0.29) is 18.0 Å². The molecule has 0 aliphatic carbocycles. The van der Waals surface area contributed by atoms with Crippen molar-refractivity contribution in [1.82, 2.24) is 24.8 Å². The summed E-state index contributed by atoms with van der Waals surface area (Å²) in [4.78, 5) is 38.7. The number of anilines is 1. The first kappa shape index (κ1) is 23.2. The van der Waals surface area contributed by atoms with E-state index in [1.807, 2.05) is 47.5 Å². The first-order valence-electron chi connectivity index (χ1n) is 12.9. The van der Waals surface area contributed by atoms with Crippen molar-refractivity contribution < 1.29 is 9.59 Å². The zero-order valence-electron chi connectivity index (χ0n) is 20.9. The van der Waals surface area contributed by atoms with Crippen LogP contribution in [0.25, 0.3) is 11.2 Å². The smallest absolute Gasteiger partial charge is 0.321 e. The highest BCUT2D eigenvalue weighted by molar-refractivity contribution is 5.98. The molecule has 2 saturated heterocycles. The maximum Gasteiger partial charge on any atom is 0.321 e. The summed E-state index contributed by atoms with van der Waals surface area (Å²) in [6.07, 6.45) is 4.24. The minimum absolute atomic E-state index is 0.00801. The molecule has 37 heavy (non-hydrogen) atoms. The number of rotatable bonds is 5. The van der Waals surface area contributed by atoms with Gasteiger partial charge >= 0.3 is 6.03 Å². The average Bonchev–Trinajstić information content (AvgIpc) is 3.53. The van der Waals surface area contributed by atoms with Crippen LogP contribution in [0.3, 0.4) is 0 Å². The summed E-state index contributed by atoms with van der Waals surface area (Å²) >= 11 is 0. The highest BCUT2D eigenvalue weighted by Crippen LogP contribution is 2.30. The van der Waals surface area contributed by atoms with Crippen LogP contribution >= 0.6 is 0 Å². The van der Waals surface area contributed by atoms with Crippen molar-refractivity contribution >= 4 is 28.8 Å². The van der Waals surface area contributed by atoms with Crippen LogP contribution in [0.1, 0.15) is 46.2 Å². The van der Waals surface area contributed by atoms with Crippen molar-refractivity contribution in [3.63, 3.8) is 0 Å². The minimum atomic E-state index is -0.118. The Hall–Kier alpha value is -4.20. The van der Waals surface area contributed by atoms with Gasteiger partial charge in [0.2, 0.25) is 0 Å². The SMILES string of the molecule is Cc1ccccc1Cc1nc2cccnc2n1C1CCN(C(=O)c2cccc(N3CCNC3=O)c2)CC1. The molecule has 2 aromatic heterocycles. The van der Waals surface area contributed by atoms with Gasteiger partial charge in [-0.1, -0.05) is 30.3 Å². The van der Waals surface area contributed by atoms with E-state index in [1.165, 1.54) is 11.1 Å². The number of imidazole rings is 1. The summed E-state index contributed by atoms with van der Waals surface area (Å²) < 4.78 is 2.30. The first-order valence-corrected chi connectivity index (χ1v) is 12.9. The molecule has 2 aliphatic heterocycles. The quantitative estimate of drug-likeness (QED) is 0.448. The number of aryl methyl sites for hydroxylation is 1. The van der Waals surface area contributed by atoms with Gasteiger partial charge in [-0.3, -0.25) is 9.69 Å². The fourth-order valence-corrected chi connectivity index (χ4v) is 5.50. The number of fused-ring (bicyclic) bond motifs is 1. The standard InChI is InChI=1S/C29H30N6O2/c1-20-6-2-3-7-21(20)19-26-32-25-10-5-13-30-27(25)35(26)23-11-15-33(16-12-23)28(36)22-8-4-9-24(18-22)34-17-14-31-29(34)37/h2-10,13,18,23H,11-12,14-17,19H2,1H3,(H,31,37). The van der Waals surface area contributed by atoms with Crippen molar-refractivity contribution in [3.8, 4) is 0 Å². The predicted octanol–water partition coefficient (Wildman–Crippen LogP) is 4.34. The number of nitrogens with zero attached hydrogens (tertiary/aromatic N) is 5. The zero-order valence-corrected chi connectivity index (χ0v) is 20.9. The molecule has 0 spiro atoms. The van der Waals surface area contributed by atoms with Crippen LogP contribution < -0.4 is 10.2 Å². The van der Waals surface area contributed by atoms with E-state index in [1.54, 1.807) is 4.90 Å². The average molecular weight is 495 g/mol. The zero-order chi connectivity index (χ0) is 25.4. The van der Waals surface area contributed by atoms with E-state index in [2.05, 4.69) is 46.1 Å². The van der Waals surface area contributed by atoms with Gasteiger partial charge in [-0.25, -0.2) is 14.8 Å². The summed E-state index contributed by atoms with van der Waals surface area (Å²) in [5, 5.41) is 2.81. The molecule has 0 unspecified atom stereocenters. The Kier molecular flexibility index (Phi) is 6.08. The Morgan fingerprint density at radius 1 is 1.03 bits per heavy atom. The molecule has 4 heterocycles. The lowest BCUT2D eigenvalue weighted by Gasteiger charge is -2.33. The number of hydrogen-bond donors (Lipinski definition) is 1. The van der Waals surface area contributed by atoms with E-state index < -0.39 is 0 Å².